The van der Waals surface area contributed by atoms with E-state index < -0.39 is 5.60 Å². The number of carbonyl (C=O) groups excluding carboxylic acids is 1. The van der Waals surface area contributed by atoms with Crippen LogP contribution >= 0.6 is 22.6 Å². The minimum Gasteiger partial charge on any atom is -0.276 e. The second-order valence-corrected chi connectivity index (χ2v) is 5.58. The predicted molar refractivity (Wildman–Crippen MR) is 73.3 cm³/mol. The van der Waals surface area contributed by atoms with Crippen molar-refractivity contribution in [2.24, 2.45) is 0 Å². The van der Waals surface area contributed by atoms with Crippen LogP contribution in [0.25, 0.3) is 0 Å². The molecule has 1 rings (SSSR count). The van der Waals surface area contributed by atoms with Crippen molar-refractivity contribution in [3.63, 3.8) is 0 Å². The molecule has 0 heterocycles. The van der Waals surface area contributed by atoms with Crippen molar-refractivity contribution >= 4 is 34.7 Å². The van der Waals surface area contributed by atoms with Gasteiger partial charge in [-0.15, -0.1) is 0 Å². The SMILES string of the molecule is CC(C)(C)ON(C=O)c1ccc(C#N)cc1I. The summed E-state index contributed by atoms with van der Waals surface area (Å²) in [5.41, 5.74) is 0.729. The molecule has 90 valence electrons. The van der Waals surface area contributed by atoms with Crippen LogP contribution in [0.4, 0.5) is 5.69 Å². The normalized spacial score (nSPS) is 10.8. The Morgan fingerprint density at radius 1 is 1.47 bits per heavy atom. The van der Waals surface area contributed by atoms with Gasteiger partial charge in [0.05, 0.1) is 22.9 Å². The highest BCUT2D eigenvalue weighted by Gasteiger charge is 2.19. The van der Waals surface area contributed by atoms with Crippen LogP contribution in [-0.2, 0) is 9.63 Å². The highest BCUT2D eigenvalue weighted by molar-refractivity contribution is 14.1. The molecule has 1 amide bonds. The molecule has 0 N–H and O–H groups in total. The molecule has 0 atom stereocenters. The van der Waals surface area contributed by atoms with E-state index in [0.717, 1.165) is 3.57 Å². The van der Waals surface area contributed by atoms with Gasteiger partial charge < -0.3 is 0 Å². The van der Waals surface area contributed by atoms with Crippen molar-refractivity contribution < 1.29 is 9.63 Å². The van der Waals surface area contributed by atoms with Gasteiger partial charge in [0.1, 0.15) is 0 Å². The largest absolute Gasteiger partial charge is 0.276 e. The van der Waals surface area contributed by atoms with Crippen LogP contribution in [0.15, 0.2) is 18.2 Å². The number of carbonyl (C=O) groups is 1. The molecule has 0 saturated heterocycles. The number of anilines is 1. The summed E-state index contributed by atoms with van der Waals surface area (Å²) in [5.74, 6) is 0. The Morgan fingerprint density at radius 3 is 2.53 bits per heavy atom. The molecule has 0 aliphatic heterocycles. The van der Waals surface area contributed by atoms with E-state index in [-0.39, 0.29) is 0 Å². The van der Waals surface area contributed by atoms with Gasteiger partial charge in [-0.2, -0.15) is 10.3 Å². The maximum absolute atomic E-state index is 11.0. The summed E-state index contributed by atoms with van der Waals surface area (Å²) < 4.78 is 0.790. The molecule has 1 aromatic carbocycles. The van der Waals surface area contributed by atoms with Gasteiger partial charge >= 0.3 is 0 Å². The second kappa shape index (κ2) is 5.47. The Kier molecular flexibility index (Phi) is 4.48. The van der Waals surface area contributed by atoms with E-state index in [4.69, 9.17) is 10.1 Å². The van der Waals surface area contributed by atoms with Gasteiger partial charge in [-0.25, -0.2) is 0 Å². The highest BCUT2D eigenvalue weighted by atomic mass is 127. The van der Waals surface area contributed by atoms with E-state index >= 15 is 0 Å². The quantitative estimate of drug-likeness (QED) is 0.481. The number of nitrogens with zero attached hydrogens (tertiary/aromatic N) is 2. The van der Waals surface area contributed by atoms with Crippen molar-refractivity contribution in [1.82, 2.24) is 0 Å². The van der Waals surface area contributed by atoms with Crippen LogP contribution in [0.1, 0.15) is 26.3 Å². The molecule has 17 heavy (non-hydrogen) atoms. The lowest BCUT2D eigenvalue weighted by atomic mass is 10.2. The zero-order valence-corrected chi connectivity index (χ0v) is 12.1. The topological polar surface area (TPSA) is 53.3 Å². The highest BCUT2D eigenvalue weighted by Crippen LogP contribution is 2.25. The molecule has 0 spiro atoms. The molecule has 4 nitrogen and oxygen atoms in total. The fourth-order valence-corrected chi connectivity index (χ4v) is 1.93. The van der Waals surface area contributed by atoms with Crippen LogP contribution in [0.2, 0.25) is 0 Å². The third-order valence-electron chi connectivity index (χ3n) is 1.78. The first kappa shape index (κ1) is 13.9. The third kappa shape index (κ3) is 3.98. The Bertz CT molecular complexity index is 461. The number of hydroxylamine groups is 1. The maximum Gasteiger partial charge on any atom is 0.238 e. The van der Waals surface area contributed by atoms with Crippen LogP contribution in [0.3, 0.4) is 0 Å². The van der Waals surface area contributed by atoms with Crippen molar-refractivity contribution in [3.8, 4) is 6.07 Å². The first-order valence-corrected chi connectivity index (χ1v) is 6.08. The summed E-state index contributed by atoms with van der Waals surface area (Å²) in [5, 5.41) is 9.95. The smallest absolute Gasteiger partial charge is 0.238 e. The molecule has 0 aliphatic carbocycles. The lowest BCUT2D eigenvalue weighted by Crippen LogP contribution is -2.33. The van der Waals surface area contributed by atoms with Crippen molar-refractivity contribution in [2.45, 2.75) is 26.4 Å². The minimum atomic E-state index is -0.460. The van der Waals surface area contributed by atoms with Crippen LogP contribution in [-0.4, -0.2) is 12.0 Å². The number of rotatable bonds is 3. The van der Waals surface area contributed by atoms with E-state index in [1.807, 2.05) is 26.8 Å². The first-order chi connectivity index (χ1) is 7.87. The Morgan fingerprint density at radius 2 is 2.12 bits per heavy atom. The van der Waals surface area contributed by atoms with Crippen molar-refractivity contribution in [1.29, 1.82) is 5.26 Å². The maximum atomic E-state index is 11.0. The zero-order chi connectivity index (χ0) is 13.1. The zero-order valence-electron chi connectivity index (χ0n) is 9.90. The van der Waals surface area contributed by atoms with E-state index in [0.29, 0.717) is 17.7 Å². The lowest BCUT2D eigenvalue weighted by molar-refractivity contribution is -0.120. The molecule has 1 aromatic rings. The summed E-state index contributed by atoms with van der Waals surface area (Å²) in [6.07, 6.45) is 0.620. The van der Waals surface area contributed by atoms with E-state index in [1.54, 1.807) is 18.2 Å². The number of benzene rings is 1. The van der Waals surface area contributed by atoms with Crippen LogP contribution in [0.5, 0.6) is 0 Å². The lowest BCUT2D eigenvalue weighted by Gasteiger charge is -2.27. The summed E-state index contributed by atoms with van der Waals surface area (Å²) in [6.45, 7) is 5.58. The first-order valence-electron chi connectivity index (χ1n) is 5.00. The Labute approximate surface area is 114 Å². The average molecular weight is 344 g/mol. The van der Waals surface area contributed by atoms with Gasteiger partial charge in [-0.1, -0.05) is 0 Å². The van der Waals surface area contributed by atoms with Gasteiger partial charge in [0.15, 0.2) is 0 Å². The van der Waals surface area contributed by atoms with Gasteiger partial charge in [0.2, 0.25) is 6.41 Å². The molecule has 0 unspecified atom stereocenters. The molecule has 5 heteroatoms. The number of hydrogen-bond donors (Lipinski definition) is 0. The molecule has 0 fully saturated rings. The summed E-state index contributed by atoms with van der Waals surface area (Å²) in [7, 11) is 0. The summed E-state index contributed by atoms with van der Waals surface area (Å²) in [6, 6.07) is 7.10. The summed E-state index contributed by atoms with van der Waals surface area (Å²) >= 11 is 2.07. The standard InChI is InChI=1S/C12H13IN2O2/c1-12(2,3)17-15(8-16)11-5-4-9(7-14)6-10(11)13/h4-6,8H,1-3H3. The number of halogens is 1. The molecular weight excluding hydrogens is 331 g/mol. The predicted octanol–water partition coefficient (Wildman–Crippen LogP) is 2.86. The molecule has 0 aliphatic rings. The van der Waals surface area contributed by atoms with Gasteiger partial charge in [0.25, 0.3) is 0 Å². The fraction of sp³-hybridized carbons (Fsp3) is 0.333. The average Bonchev–Trinajstić information content (AvgIpc) is 2.24. The van der Waals surface area contributed by atoms with E-state index in [1.165, 1.54) is 5.06 Å². The Hall–Kier alpha value is -1.13. The van der Waals surface area contributed by atoms with Crippen molar-refractivity contribution in [3.05, 3.63) is 27.3 Å². The van der Waals surface area contributed by atoms with Crippen LogP contribution < -0.4 is 5.06 Å². The molecular formula is C12H13IN2O2. The van der Waals surface area contributed by atoms with Gasteiger partial charge in [-0.05, 0) is 61.6 Å². The van der Waals surface area contributed by atoms with Gasteiger partial charge in [0, 0.05) is 3.57 Å². The Balaban J connectivity index is 3.05. The number of amides is 1. The monoisotopic (exact) mass is 344 g/mol. The summed E-state index contributed by atoms with van der Waals surface area (Å²) in [4.78, 5) is 16.5. The minimum absolute atomic E-state index is 0.460. The van der Waals surface area contributed by atoms with Crippen molar-refractivity contribution in [2.75, 3.05) is 5.06 Å². The fourth-order valence-electron chi connectivity index (χ4n) is 1.18. The molecule has 0 aromatic heterocycles. The van der Waals surface area contributed by atoms with Gasteiger partial charge in [-0.3, -0.25) is 9.63 Å². The molecule has 0 saturated carbocycles. The third-order valence-corrected chi connectivity index (χ3v) is 2.65. The molecule has 0 radical (unpaired) electrons. The number of nitriles is 1. The van der Waals surface area contributed by atoms with Crippen LogP contribution in [0, 0.1) is 14.9 Å². The second-order valence-electron chi connectivity index (χ2n) is 4.41. The van der Waals surface area contributed by atoms with E-state index in [9.17, 15) is 4.79 Å². The number of hydrogen-bond acceptors (Lipinski definition) is 3. The molecule has 0 bridgehead atoms. The van der Waals surface area contributed by atoms with E-state index in [2.05, 4.69) is 22.6 Å².